The SMILES string of the molecule is CC(C)CC1C(=O)NC(C2Cc3ccccc3C2)C(=O)N1C(C(=O)NC(C)C)c1ccc2cc[nH]c2c1. The Balaban J connectivity index is 1.57. The van der Waals surface area contributed by atoms with Crippen molar-refractivity contribution >= 4 is 28.6 Å². The molecular formula is C30H36N4O3. The molecule has 37 heavy (non-hydrogen) atoms. The topological polar surface area (TPSA) is 94.3 Å². The molecule has 0 radical (unpaired) electrons. The van der Waals surface area contributed by atoms with Crippen LogP contribution in [0.5, 0.6) is 0 Å². The fourth-order valence-corrected chi connectivity index (χ4v) is 5.91. The van der Waals surface area contributed by atoms with Crippen LogP contribution in [0.1, 0.15) is 56.8 Å². The summed E-state index contributed by atoms with van der Waals surface area (Å²) in [6, 6.07) is 13.5. The van der Waals surface area contributed by atoms with Gasteiger partial charge in [-0.2, -0.15) is 0 Å². The van der Waals surface area contributed by atoms with E-state index in [2.05, 4.69) is 27.8 Å². The van der Waals surface area contributed by atoms with Gasteiger partial charge in [-0.3, -0.25) is 14.4 Å². The van der Waals surface area contributed by atoms with E-state index in [0.717, 1.165) is 23.7 Å². The summed E-state index contributed by atoms with van der Waals surface area (Å²) in [6.45, 7) is 7.86. The third kappa shape index (κ3) is 4.87. The van der Waals surface area contributed by atoms with Crippen molar-refractivity contribution in [1.82, 2.24) is 20.5 Å². The largest absolute Gasteiger partial charge is 0.361 e. The number of piperazine rings is 1. The summed E-state index contributed by atoms with van der Waals surface area (Å²) >= 11 is 0. The van der Waals surface area contributed by atoms with Crippen LogP contribution in [0.15, 0.2) is 54.7 Å². The molecule has 3 amide bonds. The lowest BCUT2D eigenvalue weighted by atomic mass is 9.87. The van der Waals surface area contributed by atoms with E-state index in [1.807, 2.05) is 70.3 Å². The van der Waals surface area contributed by atoms with Crippen molar-refractivity contribution in [2.45, 2.75) is 71.1 Å². The highest BCUT2D eigenvalue weighted by molar-refractivity contribution is 6.00. The Bertz CT molecular complexity index is 1300. The number of nitrogens with zero attached hydrogens (tertiary/aromatic N) is 1. The molecule has 3 aromatic rings. The molecule has 1 aromatic heterocycles. The van der Waals surface area contributed by atoms with Crippen LogP contribution in [0.2, 0.25) is 0 Å². The monoisotopic (exact) mass is 500 g/mol. The maximum Gasteiger partial charge on any atom is 0.247 e. The number of aromatic nitrogens is 1. The first kappa shape index (κ1) is 25.1. The molecule has 0 saturated carbocycles. The van der Waals surface area contributed by atoms with E-state index in [1.165, 1.54) is 11.1 Å². The Labute approximate surface area is 218 Å². The molecule has 2 aliphatic rings. The third-order valence-corrected chi connectivity index (χ3v) is 7.56. The van der Waals surface area contributed by atoms with E-state index in [1.54, 1.807) is 4.90 Å². The van der Waals surface area contributed by atoms with Crippen molar-refractivity contribution in [1.29, 1.82) is 0 Å². The van der Waals surface area contributed by atoms with Gasteiger partial charge in [-0.15, -0.1) is 0 Å². The molecule has 194 valence electrons. The number of benzene rings is 2. The molecule has 2 heterocycles. The van der Waals surface area contributed by atoms with Gasteiger partial charge in [0.25, 0.3) is 0 Å². The van der Waals surface area contributed by atoms with E-state index in [9.17, 15) is 14.4 Å². The number of rotatable bonds is 7. The molecule has 3 atom stereocenters. The molecule has 1 saturated heterocycles. The quantitative estimate of drug-likeness (QED) is 0.459. The number of hydrogen-bond donors (Lipinski definition) is 3. The number of H-pyrrole nitrogens is 1. The molecule has 7 heteroatoms. The molecular weight excluding hydrogens is 464 g/mol. The van der Waals surface area contributed by atoms with Crippen molar-refractivity contribution in [3.05, 3.63) is 71.4 Å². The molecule has 0 bridgehead atoms. The number of fused-ring (bicyclic) bond motifs is 2. The van der Waals surface area contributed by atoms with Crippen LogP contribution in [0.25, 0.3) is 10.9 Å². The Kier molecular flexibility index (Phi) is 6.80. The summed E-state index contributed by atoms with van der Waals surface area (Å²) in [5.74, 6) is -0.517. The maximum absolute atomic E-state index is 14.3. The molecule has 1 fully saturated rings. The molecule has 3 unspecified atom stereocenters. The second-order valence-electron chi connectivity index (χ2n) is 11.2. The van der Waals surface area contributed by atoms with Crippen LogP contribution in [0.3, 0.4) is 0 Å². The lowest BCUT2D eigenvalue weighted by Gasteiger charge is -2.45. The van der Waals surface area contributed by atoms with Crippen LogP contribution in [0, 0.1) is 11.8 Å². The Morgan fingerprint density at radius 3 is 2.38 bits per heavy atom. The summed E-state index contributed by atoms with van der Waals surface area (Å²) in [5.41, 5.74) is 4.02. The van der Waals surface area contributed by atoms with E-state index in [4.69, 9.17) is 0 Å². The number of aromatic amines is 1. The predicted molar refractivity (Wildman–Crippen MR) is 144 cm³/mol. The average molecular weight is 501 g/mol. The minimum atomic E-state index is -0.913. The zero-order valence-electron chi connectivity index (χ0n) is 22.0. The second kappa shape index (κ2) is 10.0. The average Bonchev–Trinajstić information content (AvgIpc) is 3.49. The maximum atomic E-state index is 14.3. The molecule has 3 N–H and O–H groups in total. The van der Waals surface area contributed by atoms with E-state index in [-0.39, 0.29) is 35.6 Å². The van der Waals surface area contributed by atoms with Crippen LogP contribution in [-0.4, -0.2) is 45.7 Å². The van der Waals surface area contributed by atoms with Gasteiger partial charge in [0.1, 0.15) is 18.1 Å². The number of carbonyl (C=O) groups is 3. The zero-order valence-corrected chi connectivity index (χ0v) is 22.0. The standard InChI is InChI=1S/C30H36N4O3/c1-17(2)13-25-28(35)33-26(23-14-20-7-5-6-8-21(20)15-23)30(37)34(25)27(29(36)32-18(3)4)22-10-9-19-11-12-31-24(19)16-22/h5-12,16-18,23,25-27,31H,13-15H2,1-4H3,(H,32,36)(H,33,35). The van der Waals surface area contributed by atoms with Gasteiger partial charge in [-0.1, -0.05) is 50.2 Å². The summed E-state index contributed by atoms with van der Waals surface area (Å²) in [7, 11) is 0. The number of carbonyl (C=O) groups excluding carboxylic acids is 3. The molecule has 5 rings (SSSR count). The van der Waals surface area contributed by atoms with Crippen molar-refractivity contribution < 1.29 is 14.4 Å². The highest BCUT2D eigenvalue weighted by Crippen LogP contribution is 2.36. The van der Waals surface area contributed by atoms with E-state index < -0.39 is 18.1 Å². The highest BCUT2D eigenvalue weighted by Gasteiger charge is 2.49. The Morgan fingerprint density at radius 2 is 1.73 bits per heavy atom. The second-order valence-corrected chi connectivity index (χ2v) is 11.2. The summed E-state index contributed by atoms with van der Waals surface area (Å²) in [4.78, 5) is 46.6. The smallest absolute Gasteiger partial charge is 0.247 e. The van der Waals surface area contributed by atoms with Gasteiger partial charge >= 0.3 is 0 Å². The minimum absolute atomic E-state index is 0.0453. The summed E-state index contributed by atoms with van der Waals surface area (Å²) in [5, 5.41) is 7.11. The van der Waals surface area contributed by atoms with E-state index >= 15 is 0 Å². The summed E-state index contributed by atoms with van der Waals surface area (Å²) < 4.78 is 0. The number of hydrogen-bond acceptors (Lipinski definition) is 3. The van der Waals surface area contributed by atoms with Crippen LogP contribution >= 0.6 is 0 Å². The van der Waals surface area contributed by atoms with Crippen LogP contribution in [0.4, 0.5) is 0 Å². The Morgan fingerprint density at radius 1 is 1.03 bits per heavy atom. The summed E-state index contributed by atoms with van der Waals surface area (Å²) in [6.07, 6.45) is 3.79. The van der Waals surface area contributed by atoms with Crippen molar-refractivity contribution in [3.8, 4) is 0 Å². The van der Waals surface area contributed by atoms with Crippen LogP contribution in [-0.2, 0) is 27.2 Å². The molecule has 0 spiro atoms. The van der Waals surface area contributed by atoms with Crippen molar-refractivity contribution in [3.63, 3.8) is 0 Å². The molecule has 1 aliphatic heterocycles. The highest BCUT2D eigenvalue weighted by atomic mass is 16.2. The molecule has 2 aromatic carbocycles. The van der Waals surface area contributed by atoms with Crippen molar-refractivity contribution in [2.75, 3.05) is 0 Å². The van der Waals surface area contributed by atoms with Gasteiger partial charge in [0.15, 0.2) is 0 Å². The van der Waals surface area contributed by atoms with Gasteiger partial charge < -0.3 is 20.5 Å². The molecule has 7 nitrogen and oxygen atoms in total. The lowest BCUT2D eigenvalue weighted by molar-refractivity contribution is -0.158. The third-order valence-electron chi connectivity index (χ3n) is 7.56. The first-order valence-corrected chi connectivity index (χ1v) is 13.3. The lowest BCUT2D eigenvalue weighted by Crippen LogP contribution is -2.67. The molecule has 1 aliphatic carbocycles. The zero-order chi connectivity index (χ0) is 26.3. The van der Waals surface area contributed by atoms with Crippen molar-refractivity contribution in [2.24, 2.45) is 11.8 Å². The first-order chi connectivity index (χ1) is 17.7. The Hall–Kier alpha value is -3.61. The normalized spacial score (nSPS) is 21.0. The first-order valence-electron chi connectivity index (χ1n) is 13.3. The number of nitrogens with one attached hydrogen (secondary N) is 3. The van der Waals surface area contributed by atoms with Gasteiger partial charge in [-0.25, -0.2) is 0 Å². The fourth-order valence-electron chi connectivity index (χ4n) is 5.91. The van der Waals surface area contributed by atoms with E-state index in [0.29, 0.717) is 12.0 Å². The van der Waals surface area contributed by atoms with Gasteiger partial charge in [0, 0.05) is 17.8 Å². The van der Waals surface area contributed by atoms with Gasteiger partial charge in [0.05, 0.1) is 0 Å². The number of amides is 3. The van der Waals surface area contributed by atoms with Gasteiger partial charge in [-0.05, 0) is 79.2 Å². The predicted octanol–water partition coefficient (Wildman–Crippen LogP) is 3.89. The van der Waals surface area contributed by atoms with Gasteiger partial charge in [0.2, 0.25) is 17.7 Å². The van der Waals surface area contributed by atoms with Crippen LogP contribution < -0.4 is 10.6 Å². The fraction of sp³-hybridized carbons (Fsp3) is 0.433. The minimum Gasteiger partial charge on any atom is -0.361 e.